The summed E-state index contributed by atoms with van der Waals surface area (Å²) in [6, 6.07) is 3.82. The van der Waals surface area contributed by atoms with Crippen molar-refractivity contribution in [2.45, 2.75) is 12.5 Å². The number of hydrogen-bond acceptors (Lipinski definition) is 3. The summed E-state index contributed by atoms with van der Waals surface area (Å²) >= 11 is 5.71. The topological polar surface area (TPSA) is 101 Å². The van der Waals surface area contributed by atoms with Crippen LogP contribution in [0, 0.1) is 0 Å². The molecule has 86 valence electrons. The first kappa shape index (κ1) is 12.5. The monoisotopic (exact) mass is 243 g/mol. The Morgan fingerprint density at radius 1 is 1.38 bits per heavy atom. The molecule has 0 heterocycles. The van der Waals surface area contributed by atoms with Crippen molar-refractivity contribution in [2.75, 3.05) is 0 Å². The molecule has 1 unspecified atom stereocenters. The minimum absolute atomic E-state index is 0.0390. The molecule has 1 atom stereocenters. The smallest absolute Gasteiger partial charge is 0.337 e. The third-order valence-corrected chi connectivity index (χ3v) is 2.56. The Morgan fingerprint density at radius 2 is 1.94 bits per heavy atom. The van der Waals surface area contributed by atoms with Crippen molar-refractivity contribution >= 4 is 23.5 Å². The van der Waals surface area contributed by atoms with Crippen LogP contribution in [0.1, 0.15) is 22.8 Å². The van der Waals surface area contributed by atoms with Crippen LogP contribution < -0.4 is 5.73 Å². The number of benzene rings is 1. The molecule has 5 nitrogen and oxygen atoms in total. The van der Waals surface area contributed by atoms with Crippen molar-refractivity contribution in [3.8, 4) is 0 Å². The van der Waals surface area contributed by atoms with Crippen molar-refractivity contribution in [2.24, 2.45) is 5.73 Å². The quantitative estimate of drug-likeness (QED) is 0.743. The lowest BCUT2D eigenvalue weighted by molar-refractivity contribution is -0.143. The van der Waals surface area contributed by atoms with Crippen molar-refractivity contribution in [3.63, 3.8) is 0 Å². The first-order chi connectivity index (χ1) is 7.26. The zero-order valence-corrected chi connectivity index (χ0v) is 9.15. The Kier molecular flexibility index (Phi) is 3.21. The molecule has 0 spiro atoms. The van der Waals surface area contributed by atoms with E-state index in [2.05, 4.69) is 0 Å². The number of nitrogens with two attached hydrogens (primary N) is 1. The van der Waals surface area contributed by atoms with Gasteiger partial charge < -0.3 is 15.9 Å². The molecule has 0 aliphatic rings. The summed E-state index contributed by atoms with van der Waals surface area (Å²) in [6.07, 6.45) is 0. The highest BCUT2D eigenvalue weighted by molar-refractivity contribution is 6.33. The fourth-order valence-electron chi connectivity index (χ4n) is 1.14. The van der Waals surface area contributed by atoms with Gasteiger partial charge in [0.2, 0.25) is 0 Å². The van der Waals surface area contributed by atoms with Gasteiger partial charge in [-0.25, -0.2) is 9.59 Å². The van der Waals surface area contributed by atoms with Gasteiger partial charge in [0.05, 0.1) is 10.6 Å². The molecule has 1 aromatic carbocycles. The summed E-state index contributed by atoms with van der Waals surface area (Å²) in [7, 11) is 0. The fourth-order valence-corrected chi connectivity index (χ4v) is 1.40. The van der Waals surface area contributed by atoms with Crippen molar-refractivity contribution in [1.29, 1.82) is 0 Å². The van der Waals surface area contributed by atoms with Crippen LogP contribution in [-0.2, 0) is 10.3 Å². The largest absolute Gasteiger partial charge is 0.480 e. The van der Waals surface area contributed by atoms with Crippen LogP contribution in [0.15, 0.2) is 18.2 Å². The van der Waals surface area contributed by atoms with E-state index in [9.17, 15) is 9.59 Å². The summed E-state index contributed by atoms with van der Waals surface area (Å²) in [5.41, 5.74) is 4.13. The third-order valence-electron chi connectivity index (χ3n) is 2.24. The number of aromatic carboxylic acids is 1. The van der Waals surface area contributed by atoms with Crippen LogP contribution in [0.25, 0.3) is 0 Å². The third kappa shape index (κ3) is 2.15. The Balaban J connectivity index is 3.26. The number of carboxylic acids is 2. The number of hydrogen-bond donors (Lipinski definition) is 3. The molecule has 0 saturated carbocycles. The highest BCUT2D eigenvalue weighted by Gasteiger charge is 2.30. The maximum Gasteiger partial charge on any atom is 0.337 e. The number of halogens is 1. The maximum atomic E-state index is 10.9. The van der Waals surface area contributed by atoms with E-state index in [0.29, 0.717) is 0 Å². The predicted octanol–water partition coefficient (Wildman–Crippen LogP) is 1.30. The lowest BCUT2D eigenvalue weighted by Gasteiger charge is -2.20. The molecule has 0 radical (unpaired) electrons. The van der Waals surface area contributed by atoms with Gasteiger partial charge in [-0.3, -0.25) is 0 Å². The molecule has 0 saturated heterocycles. The predicted molar refractivity (Wildman–Crippen MR) is 57.6 cm³/mol. The van der Waals surface area contributed by atoms with Gasteiger partial charge in [0.15, 0.2) is 0 Å². The van der Waals surface area contributed by atoms with Gasteiger partial charge >= 0.3 is 11.9 Å². The number of rotatable bonds is 3. The van der Waals surface area contributed by atoms with Crippen LogP contribution in [-0.4, -0.2) is 22.2 Å². The summed E-state index contributed by atoms with van der Waals surface area (Å²) in [5, 5.41) is 17.6. The Bertz CT molecular complexity index is 456. The standard InChI is InChI=1S/C10H10ClNO4/c1-10(12,9(15)16)5-2-3-6(8(13)14)7(11)4-5/h2-4H,12H2,1H3,(H,13,14)(H,15,16). The van der Waals surface area contributed by atoms with Crippen molar-refractivity contribution in [3.05, 3.63) is 34.3 Å². The molecular formula is C10H10ClNO4. The molecule has 16 heavy (non-hydrogen) atoms. The maximum absolute atomic E-state index is 10.9. The zero-order chi connectivity index (χ0) is 12.5. The number of carbonyl (C=O) groups is 2. The van der Waals surface area contributed by atoms with Gasteiger partial charge in [-0.1, -0.05) is 17.7 Å². The van der Waals surface area contributed by atoms with E-state index >= 15 is 0 Å². The first-order valence-electron chi connectivity index (χ1n) is 4.32. The Labute approximate surface area is 96.4 Å². The average Bonchev–Trinajstić information content (AvgIpc) is 2.16. The second kappa shape index (κ2) is 4.11. The molecule has 1 rings (SSSR count). The van der Waals surface area contributed by atoms with E-state index in [0.717, 1.165) is 0 Å². The highest BCUT2D eigenvalue weighted by atomic mass is 35.5. The summed E-state index contributed by atoms with van der Waals surface area (Å²) in [5.74, 6) is -2.39. The lowest BCUT2D eigenvalue weighted by atomic mass is 9.92. The van der Waals surface area contributed by atoms with E-state index in [-0.39, 0.29) is 16.1 Å². The first-order valence-corrected chi connectivity index (χ1v) is 4.70. The van der Waals surface area contributed by atoms with Gasteiger partial charge in [0.1, 0.15) is 5.54 Å². The summed E-state index contributed by atoms with van der Waals surface area (Å²) in [6.45, 7) is 1.31. The number of aliphatic carboxylic acids is 1. The highest BCUT2D eigenvalue weighted by Crippen LogP contribution is 2.24. The van der Waals surface area contributed by atoms with Crippen molar-refractivity contribution in [1.82, 2.24) is 0 Å². The zero-order valence-electron chi connectivity index (χ0n) is 8.40. The molecular weight excluding hydrogens is 234 g/mol. The Morgan fingerprint density at radius 3 is 2.31 bits per heavy atom. The van der Waals surface area contributed by atoms with E-state index in [1.54, 1.807) is 0 Å². The van der Waals surface area contributed by atoms with Gasteiger partial charge in [-0.15, -0.1) is 0 Å². The minimum Gasteiger partial charge on any atom is -0.480 e. The molecule has 0 amide bonds. The minimum atomic E-state index is -1.60. The molecule has 4 N–H and O–H groups in total. The number of carboxylic acid groups (broad SMARTS) is 2. The van der Waals surface area contributed by atoms with Crippen LogP contribution in [0.4, 0.5) is 0 Å². The van der Waals surface area contributed by atoms with E-state index in [1.165, 1.54) is 25.1 Å². The molecule has 6 heteroatoms. The summed E-state index contributed by atoms with van der Waals surface area (Å²) in [4.78, 5) is 21.6. The van der Waals surface area contributed by atoms with E-state index in [4.69, 9.17) is 27.5 Å². The van der Waals surface area contributed by atoms with Crippen LogP contribution in [0.5, 0.6) is 0 Å². The Hall–Kier alpha value is -1.59. The molecule has 1 aromatic rings. The van der Waals surface area contributed by atoms with Gasteiger partial charge in [0.25, 0.3) is 0 Å². The second-order valence-corrected chi connectivity index (χ2v) is 3.91. The normalized spacial score (nSPS) is 14.2. The molecule has 0 aliphatic carbocycles. The fraction of sp³-hybridized carbons (Fsp3) is 0.200. The van der Waals surface area contributed by atoms with E-state index in [1.807, 2.05) is 0 Å². The van der Waals surface area contributed by atoms with Crippen LogP contribution in [0.3, 0.4) is 0 Å². The lowest BCUT2D eigenvalue weighted by Crippen LogP contribution is -2.41. The molecule has 0 bridgehead atoms. The van der Waals surface area contributed by atoms with Gasteiger partial charge in [0, 0.05) is 0 Å². The van der Waals surface area contributed by atoms with Gasteiger partial charge in [-0.2, -0.15) is 0 Å². The second-order valence-electron chi connectivity index (χ2n) is 3.51. The molecule has 0 aromatic heterocycles. The average molecular weight is 244 g/mol. The van der Waals surface area contributed by atoms with Crippen LogP contribution in [0.2, 0.25) is 5.02 Å². The van der Waals surface area contributed by atoms with Crippen molar-refractivity contribution < 1.29 is 19.8 Å². The summed E-state index contributed by atoms with van der Waals surface area (Å²) < 4.78 is 0. The van der Waals surface area contributed by atoms with E-state index < -0.39 is 17.5 Å². The van der Waals surface area contributed by atoms with Gasteiger partial charge in [-0.05, 0) is 24.6 Å². The molecule has 0 aliphatic heterocycles. The SMILES string of the molecule is CC(N)(C(=O)O)c1ccc(C(=O)O)c(Cl)c1. The molecule has 0 fully saturated rings. The van der Waals surface area contributed by atoms with Crippen LogP contribution >= 0.6 is 11.6 Å².